The summed E-state index contributed by atoms with van der Waals surface area (Å²) in [6.07, 6.45) is 0. The van der Waals surface area contributed by atoms with E-state index in [1.165, 1.54) is 5.69 Å². The molecule has 0 N–H and O–H groups in total. The van der Waals surface area contributed by atoms with E-state index >= 15 is 0 Å². The third-order valence-electron chi connectivity index (χ3n) is 6.11. The zero-order valence-electron chi connectivity index (χ0n) is 21.0. The molecule has 31 heavy (non-hydrogen) atoms. The van der Waals surface area contributed by atoms with Gasteiger partial charge in [0.2, 0.25) is 0 Å². The monoisotopic (exact) mass is 417 g/mol. The molecule has 0 radical (unpaired) electrons. The Labute approximate surface area is 187 Å². The molecule has 0 aliphatic rings. The molecule has 0 amide bonds. The van der Waals surface area contributed by atoms with Crippen molar-refractivity contribution < 1.29 is 0 Å². The van der Waals surface area contributed by atoms with Gasteiger partial charge >= 0.3 is 0 Å². The summed E-state index contributed by atoms with van der Waals surface area (Å²) in [4.78, 5) is 9.92. The van der Waals surface area contributed by atoms with E-state index in [0.29, 0.717) is 0 Å². The highest BCUT2D eigenvalue weighted by atomic mass is 15.0. The minimum atomic E-state index is -0.00463. The van der Waals surface area contributed by atoms with Crippen molar-refractivity contribution in [2.75, 3.05) is 0 Å². The minimum absolute atomic E-state index is 0.00463. The Balaban J connectivity index is 0.000000401. The van der Waals surface area contributed by atoms with Crippen LogP contribution in [0, 0.1) is 11.8 Å². The van der Waals surface area contributed by atoms with E-state index in [9.17, 15) is 0 Å². The lowest BCUT2D eigenvalue weighted by molar-refractivity contribution is 0.457. The zero-order valence-corrected chi connectivity index (χ0v) is 21.0. The van der Waals surface area contributed by atoms with E-state index < -0.39 is 0 Å². The maximum Gasteiger partial charge on any atom is 0.147 e. The fourth-order valence-electron chi connectivity index (χ4n) is 3.39. The van der Waals surface area contributed by atoms with Gasteiger partial charge in [0.25, 0.3) is 0 Å². The quantitative estimate of drug-likeness (QED) is 0.315. The summed E-state index contributed by atoms with van der Waals surface area (Å²) >= 11 is 0. The van der Waals surface area contributed by atoms with Crippen molar-refractivity contribution in [3.63, 3.8) is 0 Å². The van der Waals surface area contributed by atoms with Crippen molar-refractivity contribution in [3.05, 3.63) is 53.9 Å². The van der Waals surface area contributed by atoms with E-state index in [4.69, 9.17) is 9.97 Å². The lowest BCUT2D eigenvalue weighted by Crippen LogP contribution is -2.17. The lowest BCUT2D eigenvalue weighted by atomic mass is 9.89. The van der Waals surface area contributed by atoms with Gasteiger partial charge in [-0.25, -0.2) is 4.98 Å². The predicted molar refractivity (Wildman–Crippen MR) is 135 cm³/mol. The van der Waals surface area contributed by atoms with Crippen LogP contribution in [0.15, 0.2) is 42.5 Å². The van der Waals surface area contributed by atoms with Crippen LogP contribution in [0.5, 0.6) is 0 Å². The molecule has 0 bridgehead atoms. The average Bonchev–Trinajstić information content (AvgIpc) is 3.05. The Bertz CT molecular complexity index is 1190. The van der Waals surface area contributed by atoms with Gasteiger partial charge in [-0.3, -0.25) is 9.38 Å². The van der Waals surface area contributed by atoms with E-state index in [1.54, 1.807) is 0 Å². The highest BCUT2D eigenvalue weighted by Crippen LogP contribution is 2.33. The van der Waals surface area contributed by atoms with E-state index in [-0.39, 0.29) is 10.8 Å². The minimum Gasteiger partial charge on any atom is -0.295 e. The SMILES string of the molecule is CC(C)(C)c1ccc2c(cc(C(C)(C)C)n3c4ccccc4nc23)n1.CC(C)C(C)C. The van der Waals surface area contributed by atoms with Crippen LogP contribution in [-0.2, 0) is 10.8 Å². The van der Waals surface area contributed by atoms with Crippen LogP contribution in [0.4, 0.5) is 0 Å². The van der Waals surface area contributed by atoms with Crippen molar-refractivity contribution in [1.82, 2.24) is 14.4 Å². The number of nitrogens with zero attached hydrogens (tertiary/aromatic N) is 3. The van der Waals surface area contributed by atoms with Crippen molar-refractivity contribution in [1.29, 1.82) is 0 Å². The molecular weight excluding hydrogens is 378 g/mol. The fraction of sp³-hybridized carbons (Fsp3) is 0.500. The maximum atomic E-state index is 4.99. The molecule has 0 saturated carbocycles. The number of imidazole rings is 1. The van der Waals surface area contributed by atoms with E-state index in [0.717, 1.165) is 45.1 Å². The summed E-state index contributed by atoms with van der Waals surface area (Å²) in [6, 6.07) is 14.9. The third-order valence-corrected chi connectivity index (χ3v) is 6.11. The van der Waals surface area contributed by atoms with Crippen molar-refractivity contribution >= 4 is 27.6 Å². The largest absolute Gasteiger partial charge is 0.295 e. The average molecular weight is 418 g/mol. The lowest BCUT2D eigenvalue weighted by Gasteiger charge is -2.23. The second-order valence-corrected chi connectivity index (χ2v) is 11.4. The van der Waals surface area contributed by atoms with Gasteiger partial charge in [0, 0.05) is 27.6 Å². The molecule has 0 unspecified atom stereocenters. The van der Waals surface area contributed by atoms with Gasteiger partial charge in [-0.05, 0) is 42.2 Å². The molecule has 166 valence electrons. The first-order valence-corrected chi connectivity index (χ1v) is 11.5. The second kappa shape index (κ2) is 8.26. The number of aromatic nitrogens is 3. The number of benzene rings is 1. The first-order valence-electron chi connectivity index (χ1n) is 11.5. The topological polar surface area (TPSA) is 30.2 Å². The molecule has 0 spiro atoms. The molecule has 0 atom stereocenters. The Morgan fingerprint density at radius 1 is 0.710 bits per heavy atom. The molecule has 0 saturated heterocycles. The highest BCUT2D eigenvalue weighted by Gasteiger charge is 2.23. The van der Waals surface area contributed by atoms with Crippen LogP contribution in [0.25, 0.3) is 27.6 Å². The standard InChI is InChI=1S/C22H25N3.C6H14/c1-21(2,3)18-12-11-14-16(23-18)13-19(22(4,5)6)25-17-10-8-7-9-15(17)24-20(14)25;1-5(2)6(3)4/h7-13H,1-6H3;5-6H,1-4H3. The van der Waals surface area contributed by atoms with Crippen LogP contribution in [0.1, 0.15) is 80.6 Å². The Morgan fingerprint density at radius 2 is 1.32 bits per heavy atom. The molecule has 3 heterocycles. The van der Waals surface area contributed by atoms with Gasteiger partial charge in [-0.15, -0.1) is 0 Å². The van der Waals surface area contributed by atoms with Gasteiger partial charge < -0.3 is 0 Å². The van der Waals surface area contributed by atoms with E-state index in [1.807, 2.05) is 6.07 Å². The molecule has 0 aliphatic heterocycles. The summed E-state index contributed by atoms with van der Waals surface area (Å²) < 4.78 is 2.30. The maximum absolute atomic E-state index is 4.99. The summed E-state index contributed by atoms with van der Waals surface area (Å²) in [5.74, 6) is 1.70. The van der Waals surface area contributed by atoms with Crippen LogP contribution < -0.4 is 0 Å². The number of hydrogen-bond acceptors (Lipinski definition) is 2. The molecule has 3 heteroatoms. The molecule has 4 aromatic rings. The molecular formula is C28H39N3. The van der Waals surface area contributed by atoms with Crippen LogP contribution in [0.2, 0.25) is 0 Å². The Kier molecular flexibility index (Phi) is 6.19. The fourth-order valence-corrected chi connectivity index (χ4v) is 3.39. The van der Waals surface area contributed by atoms with Crippen LogP contribution >= 0.6 is 0 Å². The molecule has 4 rings (SSSR count). The predicted octanol–water partition coefficient (Wildman–Crippen LogP) is 7.93. The molecule has 3 nitrogen and oxygen atoms in total. The first kappa shape index (κ1) is 23.2. The van der Waals surface area contributed by atoms with Crippen LogP contribution in [-0.4, -0.2) is 14.4 Å². The van der Waals surface area contributed by atoms with Gasteiger partial charge in [0.05, 0.1) is 16.6 Å². The van der Waals surface area contributed by atoms with Gasteiger partial charge in [-0.1, -0.05) is 81.4 Å². The number of pyridine rings is 2. The molecule has 1 aromatic carbocycles. The van der Waals surface area contributed by atoms with Crippen molar-refractivity contribution in [2.24, 2.45) is 11.8 Å². The molecule has 3 aromatic heterocycles. The third kappa shape index (κ3) is 4.76. The Hall–Kier alpha value is -2.42. The van der Waals surface area contributed by atoms with Crippen LogP contribution in [0.3, 0.4) is 0 Å². The highest BCUT2D eigenvalue weighted by molar-refractivity contribution is 5.97. The number of rotatable bonds is 1. The van der Waals surface area contributed by atoms with E-state index in [2.05, 4.69) is 110 Å². The number of para-hydroxylation sites is 2. The summed E-state index contributed by atoms with van der Waals surface area (Å²) in [6.45, 7) is 22.3. The second-order valence-electron chi connectivity index (χ2n) is 11.4. The van der Waals surface area contributed by atoms with Gasteiger partial charge in [0.15, 0.2) is 0 Å². The molecule has 0 aliphatic carbocycles. The zero-order chi connectivity index (χ0) is 23.1. The first-order chi connectivity index (χ1) is 14.3. The normalized spacial score (nSPS) is 12.8. The smallest absolute Gasteiger partial charge is 0.147 e. The van der Waals surface area contributed by atoms with Crippen molar-refractivity contribution in [2.45, 2.75) is 80.1 Å². The van der Waals surface area contributed by atoms with Gasteiger partial charge in [0.1, 0.15) is 5.65 Å². The molecule has 0 fully saturated rings. The Morgan fingerprint density at radius 3 is 1.87 bits per heavy atom. The summed E-state index contributed by atoms with van der Waals surface area (Å²) in [7, 11) is 0. The van der Waals surface area contributed by atoms with Gasteiger partial charge in [-0.2, -0.15) is 0 Å². The summed E-state index contributed by atoms with van der Waals surface area (Å²) in [5.41, 5.74) is 6.58. The number of hydrogen-bond donors (Lipinski definition) is 0. The summed E-state index contributed by atoms with van der Waals surface area (Å²) in [5, 5.41) is 1.11. The van der Waals surface area contributed by atoms with Crippen molar-refractivity contribution in [3.8, 4) is 0 Å². The number of fused-ring (bicyclic) bond motifs is 5.